The maximum Gasteiger partial charge on any atom is 0.0491 e. The summed E-state index contributed by atoms with van der Waals surface area (Å²) in [6.07, 6.45) is 1.71. The summed E-state index contributed by atoms with van der Waals surface area (Å²) in [5, 5.41) is 0. The summed E-state index contributed by atoms with van der Waals surface area (Å²) in [5.41, 5.74) is 9.76. The van der Waals surface area contributed by atoms with Crippen molar-refractivity contribution in [2.75, 3.05) is 0 Å². The first-order valence-corrected chi connectivity index (χ1v) is 16.2. The van der Waals surface area contributed by atoms with Gasteiger partial charge in [0.2, 0.25) is 0 Å². The highest BCUT2D eigenvalue weighted by Crippen LogP contribution is 2.44. The summed E-state index contributed by atoms with van der Waals surface area (Å²) in [6, 6.07) is 75.4. The van der Waals surface area contributed by atoms with Crippen LogP contribution in [0.25, 0.3) is 0 Å². The fourth-order valence-electron chi connectivity index (χ4n) is 7.34. The lowest BCUT2D eigenvalue weighted by molar-refractivity contribution is 0.607. The van der Waals surface area contributed by atoms with Gasteiger partial charge in [0, 0.05) is 10.8 Å². The zero-order chi connectivity index (χ0) is 31.1. The van der Waals surface area contributed by atoms with Gasteiger partial charge in [0.05, 0.1) is 0 Å². The Kier molecular flexibility index (Phi) is 8.44. The molecule has 46 heavy (non-hydrogen) atoms. The van der Waals surface area contributed by atoms with Crippen molar-refractivity contribution >= 4 is 0 Å². The van der Waals surface area contributed by atoms with Crippen molar-refractivity contribution in [2.45, 2.75) is 23.7 Å². The molecule has 0 saturated heterocycles. The Morgan fingerprint density at radius 1 is 0.217 bits per heavy atom. The van der Waals surface area contributed by atoms with Crippen LogP contribution in [-0.4, -0.2) is 0 Å². The highest BCUT2D eigenvalue weighted by atomic mass is 14.4. The molecule has 0 aliphatic heterocycles. The van der Waals surface area contributed by atoms with Gasteiger partial charge in [-0.25, -0.2) is 0 Å². The Bertz CT molecular complexity index is 1590. The molecule has 222 valence electrons. The quantitative estimate of drug-likeness (QED) is 0.139. The van der Waals surface area contributed by atoms with Gasteiger partial charge in [0.25, 0.3) is 0 Å². The van der Waals surface area contributed by atoms with Crippen molar-refractivity contribution in [3.05, 3.63) is 251 Å². The van der Waals surface area contributed by atoms with E-state index >= 15 is 0 Å². The molecule has 0 amide bonds. The van der Waals surface area contributed by atoms with E-state index in [2.05, 4.69) is 206 Å². The van der Waals surface area contributed by atoms with Gasteiger partial charge in [-0.3, -0.25) is 0 Å². The SMILES string of the molecule is c1ccc(C(Cc2ccc(CC(c3ccccc3)(c3ccccc3)c3ccccc3)cc2)(c2ccccc2)c2ccccc2)cc1. The molecule has 0 fully saturated rings. The van der Waals surface area contributed by atoms with Gasteiger partial charge in [-0.2, -0.15) is 0 Å². The molecule has 0 aliphatic carbocycles. The summed E-state index contributed by atoms with van der Waals surface area (Å²) in [4.78, 5) is 0. The molecule has 0 aliphatic rings. The fraction of sp³-hybridized carbons (Fsp3) is 0.0870. The van der Waals surface area contributed by atoms with E-state index in [1.807, 2.05) is 0 Å². The molecule has 7 aromatic carbocycles. The lowest BCUT2D eigenvalue weighted by atomic mass is 9.65. The highest BCUT2D eigenvalue weighted by molar-refractivity contribution is 5.54. The average molecular weight is 591 g/mol. The molecule has 0 saturated carbocycles. The second kappa shape index (κ2) is 13.3. The number of hydrogen-bond acceptors (Lipinski definition) is 0. The summed E-state index contributed by atoms with van der Waals surface area (Å²) < 4.78 is 0. The van der Waals surface area contributed by atoms with E-state index in [1.54, 1.807) is 0 Å². The molecule has 0 radical (unpaired) electrons. The number of hydrogen-bond donors (Lipinski definition) is 0. The van der Waals surface area contributed by atoms with E-state index in [0.717, 1.165) is 12.8 Å². The lowest BCUT2D eigenvalue weighted by Gasteiger charge is -2.37. The van der Waals surface area contributed by atoms with Gasteiger partial charge in [0.1, 0.15) is 0 Å². The van der Waals surface area contributed by atoms with Crippen LogP contribution in [0.4, 0.5) is 0 Å². The van der Waals surface area contributed by atoms with Gasteiger partial charge in [-0.15, -0.1) is 0 Å². The summed E-state index contributed by atoms with van der Waals surface area (Å²) in [7, 11) is 0. The van der Waals surface area contributed by atoms with Crippen LogP contribution in [0.1, 0.15) is 44.5 Å². The summed E-state index contributed by atoms with van der Waals surface area (Å²) >= 11 is 0. The van der Waals surface area contributed by atoms with Crippen molar-refractivity contribution in [1.82, 2.24) is 0 Å². The second-order valence-corrected chi connectivity index (χ2v) is 12.2. The molecule has 7 rings (SSSR count). The van der Waals surface area contributed by atoms with E-state index in [0.29, 0.717) is 0 Å². The van der Waals surface area contributed by atoms with Crippen molar-refractivity contribution < 1.29 is 0 Å². The standard InChI is InChI=1S/C46H38/c1-7-19-39(20-8-1)45(40-21-9-2-10-22-40,41-23-11-3-12-24-41)35-37-31-33-38(34-32-37)36-46(42-25-13-4-14-26-42,43-27-15-5-16-28-43)44-29-17-6-18-30-44/h1-34H,35-36H2. The lowest BCUT2D eigenvalue weighted by Crippen LogP contribution is -2.32. The Balaban J connectivity index is 1.33. The first-order valence-electron chi connectivity index (χ1n) is 16.2. The van der Waals surface area contributed by atoms with Crippen molar-refractivity contribution in [3.8, 4) is 0 Å². The van der Waals surface area contributed by atoms with Crippen LogP contribution in [0.15, 0.2) is 206 Å². The topological polar surface area (TPSA) is 0 Å². The third kappa shape index (κ3) is 5.59. The molecular formula is C46H38. The molecule has 0 atom stereocenters. The van der Waals surface area contributed by atoms with Gasteiger partial charge >= 0.3 is 0 Å². The van der Waals surface area contributed by atoms with Crippen LogP contribution in [0.3, 0.4) is 0 Å². The van der Waals surface area contributed by atoms with Crippen LogP contribution in [-0.2, 0) is 23.7 Å². The summed E-state index contributed by atoms with van der Waals surface area (Å²) in [5.74, 6) is 0. The summed E-state index contributed by atoms with van der Waals surface area (Å²) in [6.45, 7) is 0. The molecule has 0 bridgehead atoms. The molecule has 0 unspecified atom stereocenters. The molecule has 7 aromatic rings. The molecule has 0 N–H and O–H groups in total. The second-order valence-electron chi connectivity index (χ2n) is 12.2. The minimum atomic E-state index is -0.326. The predicted octanol–water partition coefficient (Wildman–Crippen LogP) is 10.8. The number of rotatable bonds is 10. The van der Waals surface area contributed by atoms with Crippen molar-refractivity contribution in [2.24, 2.45) is 0 Å². The van der Waals surface area contributed by atoms with Gasteiger partial charge < -0.3 is 0 Å². The van der Waals surface area contributed by atoms with Crippen LogP contribution in [0.2, 0.25) is 0 Å². The van der Waals surface area contributed by atoms with Crippen LogP contribution in [0.5, 0.6) is 0 Å². The Labute approximate surface area is 273 Å². The minimum Gasteiger partial charge on any atom is -0.0622 e. The molecule has 0 heteroatoms. The maximum absolute atomic E-state index is 2.35. The Morgan fingerprint density at radius 3 is 0.565 bits per heavy atom. The molecule has 0 heterocycles. The van der Waals surface area contributed by atoms with Crippen molar-refractivity contribution in [3.63, 3.8) is 0 Å². The van der Waals surface area contributed by atoms with E-state index in [-0.39, 0.29) is 10.8 Å². The smallest absolute Gasteiger partial charge is 0.0491 e. The highest BCUT2D eigenvalue weighted by Gasteiger charge is 2.38. The zero-order valence-electron chi connectivity index (χ0n) is 26.0. The van der Waals surface area contributed by atoms with Crippen LogP contribution in [0, 0.1) is 0 Å². The third-order valence-electron chi connectivity index (χ3n) is 9.56. The monoisotopic (exact) mass is 590 g/mol. The zero-order valence-corrected chi connectivity index (χ0v) is 26.0. The minimum absolute atomic E-state index is 0.326. The largest absolute Gasteiger partial charge is 0.0622 e. The predicted molar refractivity (Wildman–Crippen MR) is 192 cm³/mol. The normalized spacial score (nSPS) is 11.7. The fourth-order valence-corrected chi connectivity index (χ4v) is 7.34. The van der Waals surface area contributed by atoms with Crippen molar-refractivity contribution in [1.29, 1.82) is 0 Å². The van der Waals surface area contributed by atoms with Crippen LogP contribution < -0.4 is 0 Å². The maximum atomic E-state index is 2.35. The molecule has 0 aromatic heterocycles. The first-order chi connectivity index (χ1) is 22.8. The Hall–Kier alpha value is -5.46. The van der Waals surface area contributed by atoms with E-state index in [1.165, 1.54) is 44.5 Å². The third-order valence-corrected chi connectivity index (χ3v) is 9.56. The van der Waals surface area contributed by atoms with E-state index in [9.17, 15) is 0 Å². The number of benzene rings is 7. The average Bonchev–Trinajstić information content (AvgIpc) is 3.16. The van der Waals surface area contributed by atoms with E-state index in [4.69, 9.17) is 0 Å². The molecular weight excluding hydrogens is 553 g/mol. The van der Waals surface area contributed by atoms with Crippen LogP contribution >= 0.6 is 0 Å². The molecule has 0 spiro atoms. The van der Waals surface area contributed by atoms with Gasteiger partial charge in [-0.1, -0.05) is 206 Å². The van der Waals surface area contributed by atoms with Gasteiger partial charge in [0.15, 0.2) is 0 Å². The first kappa shape index (κ1) is 29.3. The molecule has 0 nitrogen and oxygen atoms in total. The Morgan fingerprint density at radius 2 is 0.391 bits per heavy atom. The van der Waals surface area contributed by atoms with Gasteiger partial charge in [-0.05, 0) is 57.3 Å². The van der Waals surface area contributed by atoms with E-state index < -0.39 is 0 Å².